The Bertz CT molecular complexity index is 1640. The Kier molecular flexibility index (Phi) is 5.65. The largest absolute Gasteiger partial charge is 0.416 e. The maximum absolute atomic E-state index is 13.2. The zero-order chi connectivity index (χ0) is 26.5. The van der Waals surface area contributed by atoms with Crippen LogP contribution in [-0.2, 0) is 12.4 Å². The summed E-state index contributed by atoms with van der Waals surface area (Å²) in [6.45, 7) is 1.84. The summed E-state index contributed by atoms with van der Waals surface area (Å²) >= 11 is 0. The third-order valence-electron chi connectivity index (χ3n) is 5.93. The highest BCUT2D eigenvalue weighted by Gasteiger charge is 2.37. The van der Waals surface area contributed by atoms with Gasteiger partial charge in [0.15, 0.2) is 0 Å². The minimum absolute atomic E-state index is 0.0213. The summed E-state index contributed by atoms with van der Waals surface area (Å²) in [6.07, 6.45) is -6.99. The average molecular weight is 514 g/mol. The maximum Gasteiger partial charge on any atom is 0.416 e. The molecule has 2 aromatic heterocycles. The lowest BCUT2D eigenvalue weighted by Gasteiger charge is -2.15. The summed E-state index contributed by atoms with van der Waals surface area (Å²) in [4.78, 5) is 24.2. The molecule has 1 amide bonds. The fourth-order valence-electron chi connectivity index (χ4n) is 4.10. The number of aryl methyl sites for hydroxylation is 1. The fourth-order valence-corrected chi connectivity index (χ4v) is 4.10. The van der Waals surface area contributed by atoms with Gasteiger partial charge in [0.25, 0.3) is 5.91 Å². The maximum atomic E-state index is 13.2. The summed E-state index contributed by atoms with van der Waals surface area (Å²) in [6, 6.07) is 11.2. The molecule has 0 saturated carbocycles. The van der Waals surface area contributed by atoms with Gasteiger partial charge in [0.2, 0.25) is 0 Å². The number of alkyl halides is 6. The van der Waals surface area contributed by atoms with E-state index in [4.69, 9.17) is 0 Å². The van der Waals surface area contributed by atoms with Gasteiger partial charge in [0.1, 0.15) is 12.0 Å². The van der Waals surface area contributed by atoms with Crippen LogP contribution < -0.4 is 5.32 Å². The number of aromatic nitrogens is 3. The van der Waals surface area contributed by atoms with Crippen molar-refractivity contribution < 1.29 is 31.1 Å². The molecule has 188 valence electrons. The number of aromatic amines is 1. The van der Waals surface area contributed by atoms with Gasteiger partial charge in [0, 0.05) is 33.7 Å². The van der Waals surface area contributed by atoms with E-state index in [1.807, 2.05) is 25.1 Å². The van der Waals surface area contributed by atoms with Crippen molar-refractivity contribution in [3.8, 4) is 11.1 Å². The van der Waals surface area contributed by atoms with Crippen LogP contribution in [0.1, 0.15) is 27.0 Å². The molecule has 0 fully saturated rings. The van der Waals surface area contributed by atoms with E-state index in [1.54, 1.807) is 18.3 Å². The lowest BCUT2D eigenvalue weighted by molar-refractivity contribution is -0.143. The van der Waals surface area contributed by atoms with E-state index in [1.165, 1.54) is 12.4 Å². The Morgan fingerprint density at radius 1 is 0.865 bits per heavy atom. The summed E-state index contributed by atoms with van der Waals surface area (Å²) in [5.41, 5.74) is 0.116. The third-order valence-corrected chi connectivity index (χ3v) is 5.93. The number of fused-ring (bicyclic) bond motifs is 3. The van der Waals surface area contributed by atoms with Crippen molar-refractivity contribution in [2.24, 2.45) is 0 Å². The van der Waals surface area contributed by atoms with Crippen molar-refractivity contribution in [1.82, 2.24) is 15.0 Å². The average Bonchev–Trinajstić information content (AvgIpc) is 3.21. The predicted molar refractivity (Wildman–Crippen MR) is 126 cm³/mol. The number of anilines is 1. The van der Waals surface area contributed by atoms with Crippen molar-refractivity contribution in [2.75, 3.05) is 5.32 Å². The Hall–Kier alpha value is -4.41. The first-order valence-electron chi connectivity index (χ1n) is 10.8. The normalized spacial score (nSPS) is 12.3. The van der Waals surface area contributed by atoms with Gasteiger partial charge in [-0.2, -0.15) is 26.3 Å². The highest BCUT2D eigenvalue weighted by atomic mass is 19.4. The third kappa shape index (κ3) is 4.72. The number of hydrogen-bond acceptors (Lipinski definition) is 3. The molecule has 5 aromatic rings. The van der Waals surface area contributed by atoms with Crippen molar-refractivity contribution in [3.05, 3.63) is 89.4 Å². The number of hydrogen-bond donors (Lipinski definition) is 2. The Morgan fingerprint density at radius 3 is 2.24 bits per heavy atom. The van der Waals surface area contributed by atoms with Crippen LogP contribution in [0.4, 0.5) is 32.0 Å². The van der Waals surface area contributed by atoms with Gasteiger partial charge >= 0.3 is 12.4 Å². The Labute approximate surface area is 205 Å². The first-order chi connectivity index (χ1) is 17.4. The van der Waals surface area contributed by atoms with Gasteiger partial charge in [-0.05, 0) is 60.0 Å². The molecule has 0 atom stereocenters. The molecule has 5 rings (SSSR count). The van der Waals surface area contributed by atoms with Gasteiger partial charge in [-0.15, -0.1) is 0 Å². The van der Waals surface area contributed by atoms with Crippen molar-refractivity contribution in [2.45, 2.75) is 19.3 Å². The van der Waals surface area contributed by atoms with E-state index in [0.29, 0.717) is 23.3 Å². The summed E-state index contributed by atoms with van der Waals surface area (Å²) < 4.78 is 79.1. The van der Waals surface area contributed by atoms with Crippen LogP contribution in [0.25, 0.3) is 33.1 Å². The van der Waals surface area contributed by atoms with Crippen molar-refractivity contribution >= 4 is 33.5 Å². The number of amides is 1. The lowest BCUT2D eigenvalue weighted by Crippen LogP contribution is -2.17. The molecule has 0 aliphatic carbocycles. The van der Waals surface area contributed by atoms with Crippen LogP contribution in [0.5, 0.6) is 0 Å². The molecule has 37 heavy (non-hydrogen) atoms. The van der Waals surface area contributed by atoms with Crippen molar-refractivity contribution in [1.29, 1.82) is 0 Å². The summed E-state index contributed by atoms with van der Waals surface area (Å²) in [5.74, 6) is -1.10. The molecule has 0 spiro atoms. The number of rotatable bonds is 3. The van der Waals surface area contributed by atoms with E-state index in [-0.39, 0.29) is 11.8 Å². The molecule has 0 radical (unpaired) electrons. The van der Waals surface area contributed by atoms with E-state index >= 15 is 0 Å². The van der Waals surface area contributed by atoms with Gasteiger partial charge in [-0.3, -0.25) is 4.79 Å². The highest BCUT2D eigenvalue weighted by molar-refractivity contribution is 6.07. The van der Waals surface area contributed by atoms with E-state index in [0.717, 1.165) is 27.4 Å². The molecular formula is C26H16F6N4O. The molecule has 0 saturated heterocycles. The highest BCUT2D eigenvalue weighted by Crippen LogP contribution is 2.37. The molecule has 0 bridgehead atoms. The number of benzene rings is 3. The zero-order valence-corrected chi connectivity index (χ0v) is 18.9. The minimum atomic E-state index is -5.06. The lowest BCUT2D eigenvalue weighted by atomic mass is 9.98. The number of carbonyl (C=O) groups excluding carboxylic acids is 1. The number of carbonyl (C=O) groups is 1. The second-order valence-electron chi connectivity index (χ2n) is 8.45. The summed E-state index contributed by atoms with van der Waals surface area (Å²) in [7, 11) is 0. The second-order valence-corrected chi connectivity index (χ2v) is 8.45. The van der Waals surface area contributed by atoms with Crippen molar-refractivity contribution in [3.63, 3.8) is 0 Å². The van der Waals surface area contributed by atoms with Crippen LogP contribution >= 0.6 is 0 Å². The quantitative estimate of drug-likeness (QED) is 0.247. The number of halogens is 6. The van der Waals surface area contributed by atoms with Crippen LogP contribution in [0.3, 0.4) is 0 Å². The van der Waals surface area contributed by atoms with E-state index < -0.39 is 35.0 Å². The Balaban J connectivity index is 1.49. The zero-order valence-electron chi connectivity index (χ0n) is 18.9. The van der Waals surface area contributed by atoms with Gasteiger partial charge in [-0.25, -0.2) is 9.97 Å². The molecular weight excluding hydrogens is 498 g/mol. The van der Waals surface area contributed by atoms with Gasteiger partial charge in [-0.1, -0.05) is 18.2 Å². The molecule has 2 heterocycles. The second kappa shape index (κ2) is 8.61. The molecule has 2 N–H and O–H groups in total. The van der Waals surface area contributed by atoms with Crippen LogP contribution in [0.15, 0.2) is 67.1 Å². The van der Waals surface area contributed by atoms with Gasteiger partial charge < -0.3 is 10.3 Å². The molecule has 0 aliphatic heterocycles. The predicted octanol–water partition coefficient (Wildman–Crippen LogP) is 7.38. The smallest absolute Gasteiger partial charge is 0.339 e. The molecule has 0 aliphatic rings. The fraction of sp³-hybridized carbons (Fsp3) is 0.115. The first-order valence-corrected chi connectivity index (χ1v) is 10.8. The molecule has 11 heteroatoms. The number of nitrogens with one attached hydrogen (secondary N) is 2. The first kappa shape index (κ1) is 24.3. The summed E-state index contributed by atoms with van der Waals surface area (Å²) in [5, 5.41) is 4.17. The van der Waals surface area contributed by atoms with Gasteiger partial charge in [0.05, 0.1) is 11.1 Å². The van der Waals surface area contributed by atoms with Crippen LogP contribution in [0.2, 0.25) is 0 Å². The van der Waals surface area contributed by atoms with Crippen LogP contribution in [0, 0.1) is 6.92 Å². The molecule has 0 unspecified atom stereocenters. The Morgan fingerprint density at radius 2 is 1.57 bits per heavy atom. The van der Waals surface area contributed by atoms with E-state index in [2.05, 4.69) is 20.3 Å². The topological polar surface area (TPSA) is 70.7 Å². The standard InChI is InChI=1S/C26H16F6N4O/c1-13-2-4-18(35-24(37)15-6-16(25(27,28)29)9-17(7-15)26(30,31)32)10-20(13)14-3-5-19-21-11-33-12-34-23(21)36-22(19)8-14/h2-12H,1H3,(H,35,37)(H,33,34,36). The monoisotopic (exact) mass is 514 g/mol. The molecule has 5 nitrogen and oxygen atoms in total. The molecule has 3 aromatic carbocycles. The minimum Gasteiger partial charge on any atom is -0.339 e. The van der Waals surface area contributed by atoms with E-state index in [9.17, 15) is 31.1 Å². The number of H-pyrrole nitrogens is 1. The number of nitrogens with zero attached hydrogens (tertiary/aromatic N) is 2. The van der Waals surface area contributed by atoms with Crippen LogP contribution in [-0.4, -0.2) is 20.9 Å². The SMILES string of the molecule is Cc1ccc(NC(=O)c2cc(C(F)(F)F)cc(C(F)(F)F)c2)cc1-c1ccc2c(c1)[nH]c1ncncc12.